The van der Waals surface area contributed by atoms with Crippen LogP contribution in [0.15, 0.2) is 48.5 Å². The zero-order valence-corrected chi connectivity index (χ0v) is 13.7. The number of carbonyl (C=O) groups excluding carboxylic acids is 1. The van der Waals surface area contributed by atoms with E-state index in [2.05, 4.69) is 22.3 Å². The lowest BCUT2D eigenvalue weighted by Crippen LogP contribution is -2.31. The first-order valence-electron chi connectivity index (χ1n) is 8.70. The number of benzene rings is 2. The molecule has 1 fully saturated rings. The molecule has 0 saturated carbocycles. The molecule has 0 bridgehead atoms. The summed E-state index contributed by atoms with van der Waals surface area (Å²) < 4.78 is 5.74. The van der Waals surface area contributed by atoms with Crippen LogP contribution in [0, 0.1) is 0 Å². The van der Waals surface area contributed by atoms with Crippen molar-refractivity contribution < 1.29 is 9.53 Å². The molecule has 4 heteroatoms. The van der Waals surface area contributed by atoms with Gasteiger partial charge in [-0.2, -0.15) is 0 Å². The van der Waals surface area contributed by atoms with E-state index in [4.69, 9.17) is 4.74 Å². The van der Waals surface area contributed by atoms with Gasteiger partial charge in [-0.05, 0) is 55.2 Å². The van der Waals surface area contributed by atoms with E-state index in [0.29, 0.717) is 6.42 Å². The molecule has 2 aliphatic heterocycles. The zero-order valence-electron chi connectivity index (χ0n) is 13.7. The second kappa shape index (κ2) is 6.56. The molecule has 2 heterocycles. The number of anilines is 2. The van der Waals surface area contributed by atoms with Crippen LogP contribution in [0.5, 0.6) is 5.75 Å². The highest BCUT2D eigenvalue weighted by atomic mass is 16.5. The fourth-order valence-electron chi connectivity index (χ4n) is 3.46. The van der Waals surface area contributed by atoms with Gasteiger partial charge in [0.1, 0.15) is 5.75 Å². The summed E-state index contributed by atoms with van der Waals surface area (Å²) in [6, 6.07) is 16.0. The van der Waals surface area contributed by atoms with E-state index in [0.717, 1.165) is 30.1 Å². The first-order chi connectivity index (χ1) is 11.8. The van der Waals surface area contributed by atoms with E-state index < -0.39 is 6.10 Å². The molecule has 1 saturated heterocycles. The summed E-state index contributed by atoms with van der Waals surface area (Å²) in [5.74, 6) is 0.731. The lowest BCUT2D eigenvalue weighted by molar-refractivity contribution is -0.122. The predicted molar refractivity (Wildman–Crippen MR) is 95.7 cm³/mol. The van der Waals surface area contributed by atoms with Crippen LogP contribution in [-0.2, 0) is 11.2 Å². The summed E-state index contributed by atoms with van der Waals surface area (Å²) in [5, 5.41) is 2.97. The summed E-state index contributed by atoms with van der Waals surface area (Å²) in [7, 11) is 0. The van der Waals surface area contributed by atoms with Gasteiger partial charge in [0, 0.05) is 30.9 Å². The van der Waals surface area contributed by atoms with E-state index in [1.165, 1.54) is 24.9 Å². The molecule has 24 heavy (non-hydrogen) atoms. The molecular weight excluding hydrogens is 300 g/mol. The lowest BCUT2D eigenvalue weighted by Gasteiger charge is -2.28. The number of amides is 1. The maximum absolute atomic E-state index is 12.4. The highest BCUT2D eigenvalue weighted by Gasteiger charge is 2.28. The first-order valence-corrected chi connectivity index (χ1v) is 8.70. The Morgan fingerprint density at radius 2 is 1.75 bits per heavy atom. The maximum Gasteiger partial charge on any atom is 0.265 e. The van der Waals surface area contributed by atoms with Crippen molar-refractivity contribution in [2.24, 2.45) is 0 Å². The van der Waals surface area contributed by atoms with E-state index in [1.807, 2.05) is 36.4 Å². The fourth-order valence-corrected chi connectivity index (χ4v) is 3.46. The van der Waals surface area contributed by atoms with Gasteiger partial charge in [-0.25, -0.2) is 0 Å². The molecular formula is C20H22N2O2. The van der Waals surface area contributed by atoms with Crippen molar-refractivity contribution in [1.82, 2.24) is 0 Å². The Bertz CT molecular complexity index is 696. The van der Waals surface area contributed by atoms with Crippen LogP contribution in [0.1, 0.15) is 24.8 Å². The van der Waals surface area contributed by atoms with Crippen molar-refractivity contribution in [1.29, 1.82) is 0 Å². The molecule has 0 aliphatic carbocycles. The largest absolute Gasteiger partial charge is 0.480 e. The molecule has 2 aliphatic rings. The second-order valence-electron chi connectivity index (χ2n) is 6.50. The Morgan fingerprint density at radius 1 is 1.00 bits per heavy atom. The Hall–Kier alpha value is -2.49. The Kier molecular flexibility index (Phi) is 4.11. The molecule has 4 rings (SSSR count). The summed E-state index contributed by atoms with van der Waals surface area (Å²) in [5.41, 5.74) is 3.15. The third kappa shape index (κ3) is 3.09. The smallest absolute Gasteiger partial charge is 0.265 e. The highest BCUT2D eigenvalue weighted by Crippen LogP contribution is 2.29. The SMILES string of the molecule is O=C(Nc1ccc(N2CCCCC2)cc1)C1Cc2ccccc2O1. The number of carbonyl (C=O) groups is 1. The van der Waals surface area contributed by atoms with Crippen LogP contribution in [0.4, 0.5) is 11.4 Å². The van der Waals surface area contributed by atoms with Crippen LogP contribution < -0.4 is 15.0 Å². The standard InChI is InChI=1S/C20H22N2O2/c23-20(19-14-15-6-2-3-7-18(15)24-19)21-16-8-10-17(11-9-16)22-12-4-1-5-13-22/h2-3,6-11,19H,1,4-5,12-14H2,(H,21,23). The number of hydrogen-bond donors (Lipinski definition) is 1. The maximum atomic E-state index is 12.4. The molecule has 4 nitrogen and oxygen atoms in total. The lowest BCUT2D eigenvalue weighted by atomic mass is 10.1. The zero-order chi connectivity index (χ0) is 16.4. The monoisotopic (exact) mass is 322 g/mol. The van der Waals surface area contributed by atoms with Crippen molar-refractivity contribution in [2.45, 2.75) is 31.8 Å². The van der Waals surface area contributed by atoms with Gasteiger partial charge in [0.25, 0.3) is 5.91 Å². The quantitative estimate of drug-likeness (QED) is 0.938. The number of hydrogen-bond acceptors (Lipinski definition) is 3. The number of para-hydroxylation sites is 1. The Labute approximate surface area is 142 Å². The van der Waals surface area contributed by atoms with Crippen LogP contribution in [-0.4, -0.2) is 25.1 Å². The number of nitrogens with one attached hydrogen (secondary N) is 1. The molecule has 0 aromatic heterocycles. The van der Waals surface area contributed by atoms with Crippen LogP contribution in [0.2, 0.25) is 0 Å². The normalized spacial score (nSPS) is 19.5. The minimum atomic E-state index is -0.441. The van der Waals surface area contributed by atoms with Crippen LogP contribution in [0.3, 0.4) is 0 Å². The van der Waals surface area contributed by atoms with Crippen molar-refractivity contribution in [3.8, 4) is 5.75 Å². The number of fused-ring (bicyclic) bond motifs is 1. The molecule has 0 radical (unpaired) electrons. The summed E-state index contributed by atoms with van der Waals surface area (Å²) in [6.45, 7) is 2.25. The highest BCUT2D eigenvalue weighted by molar-refractivity contribution is 5.95. The van der Waals surface area contributed by atoms with Gasteiger partial charge in [-0.15, -0.1) is 0 Å². The van der Waals surface area contributed by atoms with Gasteiger partial charge in [-0.1, -0.05) is 18.2 Å². The molecule has 1 amide bonds. The summed E-state index contributed by atoms with van der Waals surface area (Å²) in [6.07, 6.45) is 4.04. The molecule has 124 valence electrons. The van der Waals surface area contributed by atoms with Crippen molar-refractivity contribution in [3.63, 3.8) is 0 Å². The Balaban J connectivity index is 1.38. The third-order valence-electron chi connectivity index (χ3n) is 4.80. The summed E-state index contributed by atoms with van der Waals surface area (Å²) >= 11 is 0. The minimum Gasteiger partial charge on any atom is -0.480 e. The van der Waals surface area contributed by atoms with E-state index in [9.17, 15) is 4.79 Å². The van der Waals surface area contributed by atoms with Gasteiger partial charge >= 0.3 is 0 Å². The molecule has 1 N–H and O–H groups in total. The van der Waals surface area contributed by atoms with Crippen molar-refractivity contribution in [3.05, 3.63) is 54.1 Å². The van der Waals surface area contributed by atoms with E-state index in [-0.39, 0.29) is 5.91 Å². The average Bonchev–Trinajstić information content (AvgIpc) is 3.07. The van der Waals surface area contributed by atoms with Crippen molar-refractivity contribution in [2.75, 3.05) is 23.3 Å². The van der Waals surface area contributed by atoms with E-state index >= 15 is 0 Å². The van der Waals surface area contributed by atoms with Gasteiger partial charge in [0.2, 0.25) is 0 Å². The predicted octanol–water partition coefficient (Wildman–Crippen LogP) is 3.62. The average molecular weight is 322 g/mol. The minimum absolute atomic E-state index is 0.0862. The molecule has 1 unspecified atom stereocenters. The number of nitrogens with zero attached hydrogens (tertiary/aromatic N) is 1. The number of piperidine rings is 1. The van der Waals surface area contributed by atoms with Gasteiger partial charge in [-0.3, -0.25) is 4.79 Å². The summed E-state index contributed by atoms with van der Waals surface area (Å²) in [4.78, 5) is 14.8. The van der Waals surface area contributed by atoms with Crippen LogP contribution in [0.25, 0.3) is 0 Å². The van der Waals surface area contributed by atoms with Gasteiger partial charge in [0.15, 0.2) is 6.10 Å². The molecule has 0 spiro atoms. The molecule has 2 aromatic carbocycles. The second-order valence-corrected chi connectivity index (χ2v) is 6.50. The Morgan fingerprint density at radius 3 is 2.50 bits per heavy atom. The fraction of sp³-hybridized carbons (Fsp3) is 0.350. The number of rotatable bonds is 3. The third-order valence-corrected chi connectivity index (χ3v) is 4.80. The van der Waals surface area contributed by atoms with Gasteiger partial charge in [0.05, 0.1) is 0 Å². The first kappa shape index (κ1) is 15.1. The number of ether oxygens (including phenoxy) is 1. The molecule has 1 atom stereocenters. The van der Waals surface area contributed by atoms with E-state index in [1.54, 1.807) is 0 Å². The van der Waals surface area contributed by atoms with Gasteiger partial charge < -0.3 is 15.0 Å². The topological polar surface area (TPSA) is 41.6 Å². The van der Waals surface area contributed by atoms with Crippen LogP contribution >= 0.6 is 0 Å². The van der Waals surface area contributed by atoms with Crippen molar-refractivity contribution >= 4 is 17.3 Å². The molecule has 2 aromatic rings.